The quantitative estimate of drug-likeness (QED) is 0.255. The van der Waals surface area contributed by atoms with Gasteiger partial charge in [-0.05, 0) is 23.8 Å². The molecule has 3 aromatic rings. The molecule has 0 fully saturated rings. The monoisotopic (exact) mass is 358 g/mol. The number of hydrogen-bond acceptors (Lipinski definition) is 7. The van der Waals surface area contributed by atoms with Gasteiger partial charge in [-0.1, -0.05) is 51.2 Å². The summed E-state index contributed by atoms with van der Waals surface area (Å²) < 4.78 is 5.39. The van der Waals surface area contributed by atoms with E-state index in [-0.39, 0.29) is 11.4 Å². The SMILES string of the molecule is CCCCCCCCOOc1cccc2cc(-c3nn[nH]n3)c(=O)oc12. The third-order valence-corrected chi connectivity index (χ3v) is 4.04. The Balaban J connectivity index is 1.63. The van der Waals surface area contributed by atoms with Crippen LogP contribution in [0.1, 0.15) is 45.4 Å². The molecule has 0 amide bonds. The van der Waals surface area contributed by atoms with Gasteiger partial charge in [0.05, 0.1) is 6.61 Å². The molecule has 26 heavy (non-hydrogen) atoms. The van der Waals surface area contributed by atoms with Crippen molar-refractivity contribution < 1.29 is 14.2 Å². The third kappa shape index (κ3) is 4.45. The van der Waals surface area contributed by atoms with Crippen molar-refractivity contribution in [2.75, 3.05) is 6.61 Å². The van der Waals surface area contributed by atoms with Crippen molar-refractivity contribution in [2.45, 2.75) is 45.4 Å². The smallest absolute Gasteiger partial charge is 0.347 e. The lowest BCUT2D eigenvalue weighted by molar-refractivity contribution is -0.206. The second kappa shape index (κ2) is 9.10. The molecule has 0 unspecified atom stereocenters. The number of benzene rings is 1. The summed E-state index contributed by atoms with van der Waals surface area (Å²) in [6, 6.07) is 6.95. The fourth-order valence-electron chi connectivity index (χ4n) is 2.66. The fraction of sp³-hybridized carbons (Fsp3) is 0.444. The zero-order valence-corrected chi connectivity index (χ0v) is 14.7. The predicted molar refractivity (Wildman–Crippen MR) is 95.6 cm³/mol. The van der Waals surface area contributed by atoms with Crippen LogP contribution in [-0.4, -0.2) is 27.2 Å². The molecule has 2 aromatic heterocycles. The van der Waals surface area contributed by atoms with Crippen molar-refractivity contribution in [3.8, 4) is 17.1 Å². The molecule has 2 heterocycles. The van der Waals surface area contributed by atoms with E-state index in [1.807, 2.05) is 6.07 Å². The molecular weight excluding hydrogens is 336 g/mol. The van der Waals surface area contributed by atoms with Crippen LogP contribution in [0.15, 0.2) is 33.5 Å². The number of fused-ring (bicyclic) bond motifs is 1. The highest BCUT2D eigenvalue weighted by molar-refractivity contribution is 5.85. The Hall–Kier alpha value is -2.74. The lowest BCUT2D eigenvalue weighted by atomic mass is 10.1. The summed E-state index contributed by atoms with van der Waals surface area (Å²) >= 11 is 0. The summed E-state index contributed by atoms with van der Waals surface area (Å²) in [6.45, 7) is 2.69. The van der Waals surface area contributed by atoms with E-state index in [4.69, 9.17) is 14.2 Å². The van der Waals surface area contributed by atoms with Crippen LogP contribution >= 0.6 is 0 Å². The Morgan fingerprint density at radius 3 is 2.81 bits per heavy atom. The van der Waals surface area contributed by atoms with E-state index in [2.05, 4.69) is 27.5 Å². The Kier molecular flexibility index (Phi) is 6.32. The minimum atomic E-state index is -0.564. The first kappa shape index (κ1) is 18.1. The Bertz CT molecular complexity index is 877. The Morgan fingerprint density at radius 1 is 1.15 bits per heavy atom. The molecule has 8 heteroatoms. The zero-order chi connectivity index (χ0) is 18.2. The maximum Gasteiger partial charge on any atom is 0.347 e. The van der Waals surface area contributed by atoms with Gasteiger partial charge in [0.2, 0.25) is 11.6 Å². The fourth-order valence-corrected chi connectivity index (χ4v) is 2.66. The first-order valence-electron chi connectivity index (χ1n) is 8.89. The average Bonchev–Trinajstić information content (AvgIpc) is 3.18. The number of rotatable bonds is 10. The first-order chi connectivity index (χ1) is 12.8. The topological polar surface area (TPSA) is 103 Å². The number of aromatic amines is 1. The van der Waals surface area contributed by atoms with E-state index in [1.54, 1.807) is 18.2 Å². The molecular formula is C18H22N4O4. The Morgan fingerprint density at radius 2 is 2.00 bits per heavy atom. The molecule has 0 radical (unpaired) electrons. The van der Waals surface area contributed by atoms with Gasteiger partial charge < -0.3 is 9.30 Å². The van der Waals surface area contributed by atoms with Gasteiger partial charge >= 0.3 is 5.63 Å². The van der Waals surface area contributed by atoms with Crippen LogP contribution in [0.5, 0.6) is 5.75 Å². The van der Waals surface area contributed by atoms with Crippen LogP contribution in [0.4, 0.5) is 0 Å². The van der Waals surface area contributed by atoms with Crippen molar-refractivity contribution >= 4 is 11.0 Å². The number of nitrogens with zero attached hydrogens (tertiary/aromatic N) is 3. The molecule has 0 aliphatic carbocycles. The number of nitrogens with one attached hydrogen (secondary N) is 1. The van der Waals surface area contributed by atoms with Gasteiger partial charge in [0.1, 0.15) is 5.56 Å². The molecule has 3 rings (SSSR count). The number of hydrogen-bond donors (Lipinski definition) is 1. The summed E-state index contributed by atoms with van der Waals surface area (Å²) in [4.78, 5) is 22.8. The maximum absolute atomic E-state index is 12.2. The van der Waals surface area contributed by atoms with E-state index in [0.29, 0.717) is 23.3 Å². The van der Waals surface area contributed by atoms with Crippen LogP contribution < -0.4 is 10.5 Å². The summed E-state index contributed by atoms with van der Waals surface area (Å²) in [5.74, 6) is 0.552. The highest BCUT2D eigenvalue weighted by Crippen LogP contribution is 2.26. The summed E-state index contributed by atoms with van der Waals surface area (Å²) in [7, 11) is 0. The van der Waals surface area contributed by atoms with Crippen molar-refractivity contribution in [3.63, 3.8) is 0 Å². The lowest BCUT2D eigenvalue weighted by Crippen LogP contribution is -2.05. The molecule has 138 valence electrons. The standard InChI is InChI=1S/C18H22N4O4/c1-2-3-4-5-6-7-11-24-26-15-10-8-9-13-12-14(17-19-21-22-20-17)18(23)25-16(13)15/h8-10,12H,2-7,11H2,1H3,(H,19,20,21,22). The van der Waals surface area contributed by atoms with Crippen LogP contribution in [0.2, 0.25) is 0 Å². The van der Waals surface area contributed by atoms with Crippen LogP contribution in [0, 0.1) is 0 Å². The molecule has 1 aromatic carbocycles. The highest BCUT2D eigenvalue weighted by Gasteiger charge is 2.14. The van der Waals surface area contributed by atoms with E-state index < -0.39 is 5.63 Å². The molecule has 0 saturated carbocycles. The normalized spacial score (nSPS) is 11.1. The van der Waals surface area contributed by atoms with E-state index in [0.717, 1.165) is 12.8 Å². The predicted octanol–water partition coefficient (Wildman–Crippen LogP) is 3.64. The van der Waals surface area contributed by atoms with Crippen LogP contribution in [-0.2, 0) is 4.89 Å². The zero-order valence-electron chi connectivity index (χ0n) is 14.7. The van der Waals surface area contributed by atoms with Gasteiger partial charge in [-0.2, -0.15) is 10.1 Å². The second-order valence-electron chi connectivity index (χ2n) is 6.03. The van der Waals surface area contributed by atoms with Crippen molar-refractivity contribution in [1.82, 2.24) is 20.6 Å². The molecule has 1 N–H and O–H groups in total. The van der Waals surface area contributed by atoms with Crippen molar-refractivity contribution in [2.24, 2.45) is 0 Å². The molecule has 0 saturated heterocycles. The number of H-pyrrole nitrogens is 1. The third-order valence-electron chi connectivity index (χ3n) is 4.04. The minimum Gasteiger partial charge on any atom is -0.418 e. The Labute approximate surface area is 150 Å². The molecule has 0 atom stereocenters. The second-order valence-corrected chi connectivity index (χ2v) is 6.03. The highest BCUT2D eigenvalue weighted by atomic mass is 17.2. The molecule has 0 aliphatic heterocycles. The number of tetrazole rings is 1. The number of aromatic nitrogens is 4. The average molecular weight is 358 g/mol. The van der Waals surface area contributed by atoms with E-state index in [9.17, 15) is 4.79 Å². The van der Waals surface area contributed by atoms with Gasteiger partial charge in [-0.15, -0.1) is 10.2 Å². The summed E-state index contributed by atoms with van der Waals surface area (Å²) in [5.41, 5.74) is -0.00466. The van der Waals surface area contributed by atoms with E-state index in [1.165, 1.54) is 25.7 Å². The summed E-state index contributed by atoms with van der Waals surface area (Å²) in [6.07, 6.45) is 7.02. The summed E-state index contributed by atoms with van der Waals surface area (Å²) in [5, 5.41) is 14.1. The van der Waals surface area contributed by atoms with Crippen LogP contribution in [0.25, 0.3) is 22.4 Å². The van der Waals surface area contributed by atoms with Gasteiger partial charge in [-0.3, -0.25) is 0 Å². The molecule has 0 aliphatic rings. The van der Waals surface area contributed by atoms with Gasteiger partial charge in [0, 0.05) is 5.39 Å². The maximum atomic E-state index is 12.2. The lowest BCUT2D eigenvalue weighted by Gasteiger charge is -2.07. The number of unbranched alkanes of at least 4 members (excludes halogenated alkanes) is 5. The van der Waals surface area contributed by atoms with Crippen molar-refractivity contribution in [3.05, 3.63) is 34.7 Å². The van der Waals surface area contributed by atoms with Crippen LogP contribution in [0.3, 0.4) is 0 Å². The van der Waals surface area contributed by atoms with Crippen molar-refractivity contribution in [1.29, 1.82) is 0 Å². The largest absolute Gasteiger partial charge is 0.418 e. The van der Waals surface area contributed by atoms with Gasteiger partial charge in [0.25, 0.3) is 0 Å². The molecule has 0 spiro atoms. The minimum absolute atomic E-state index is 0.186. The molecule has 0 bridgehead atoms. The first-order valence-corrected chi connectivity index (χ1v) is 8.89. The number of para-hydroxylation sites is 1. The molecule has 8 nitrogen and oxygen atoms in total. The van der Waals surface area contributed by atoms with Gasteiger partial charge in [-0.25, -0.2) is 4.79 Å². The van der Waals surface area contributed by atoms with E-state index >= 15 is 0 Å². The van der Waals surface area contributed by atoms with Gasteiger partial charge in [0.15, 0.2) is 5.58 Å².